The van der Waals surface area contributed by atoms with Crippen molar-refractivity contribution in [2.45, 2.75) is 205 Å². The molecule has 0 N–H and O–H groups in total. The number of carbonyl (C=O) groups is 2. The Labute approximate surface area is 260 Å². The largest absolute Gasteiger partial charge is 0.465 e. The molecule has 2 unspecified atom stereocenters. The molecule has 5 heteroatoms. The SMILES string of the molecule is CCCCCCCCCCCCCCOC(=O)C(CC)SC(CC)C(=O)OCCCCCCCCCCCCCC. The molecule has 0 spiro atoms. The van der Waals surface area contributed by atoms with Gasteiger partial charge in [0.05, 0.1) is 13.2 Å². The van der Waals surface area contributed by atoms with Crippen molar-refractivity contribution in [3.8, 4) is 0 Å². The Morgan fingerprint density at radius 1 is 0.415 bits per heavy atom. The van der Waals surface area contributed by atoms with Gasteiger partial charge in [-0.3, -0.25) is 9.59 Å². The molecule has 0 saturated heterocycles. The second-order valence-electron chi connectivity index (χ2n) is 12.0. The summed E-state index contributed by atoms with van der Waals surface area (Å²) in [5, 5.41) is -0.590. The summed E-state index contributed by atoms with van der Waals surface area (Å²) in [5.74, 6) is -0.347. The maximum Gasteiger partial charge on any atom is 0.319 e. The van der Waals surface area contributed by atoms with E-state index in [1.54, 1.807) is 0 Å². The van der Waals surface area contributed by atoms with Gasteiger partial charge in [-0.05, 0) is 25.7 Å². The zero-order chi connectivity index (χ0) is 30.2. The molecule has 0 rings (SSSR count). The molecule has 0 heterocycles. The highest BCUT2D eigenvalue weighted by Gasteiger charge is 2.27. The van der Waals surface area contributed by atoms with Crippen LogP contribution in [0, 0.1) is 0 Å². The minimum atomic E-state index is -0.295. The molecular formula is C36H70O4S. The van der Waals surface area contributed by atoms with Gasteiger partial charge in [-0.15, -0.1) is 11.8 Å². The Morgan fingerprint density at radius 2 is 0.659 bits per heavy atom. The fraction of sp³-hybridized carbons (Fsp3) is 0.944. The van der Waals surface area contributed by atoms with E-state index in [0.717, 1.165) is 25.7 Å². The predicted octanol–water partition coefficient (Wildman–Crippen LogP) is 11.8. The zero-order valence-electron chi connectivity index (χ0n) is 28.0. The monoisotopic (exact) mass is 598 g/mol. The summed E-state index contributed by atoms with van der Waals surface area (Å²) in [4.78, 5) is 25.3. The Bertz CT molecular complexity index is 520. The van der Waals surface area contributed by atoms with E-state index in [9.17, 15) is 9.59 Å². The Hall–Kier alpha value is -0.710. The van der Waals surface area contributed by atoms with E-state index in [0.29, 0.717) is 26.1 Å². The summed E-state index contributed by atoms with van der Waals surface area (Å²) in [6.45, 7) is 9.51. The lowest BCUT2D eigenvalue weighted by atomic mass is 10.1. The van der Waals surface area contributed by atoms with Crippen LogP contribution in [0.15, 0.2) is 0 Å². The summed E-state index contributed by atoms with van der Waals surface area (Å²) < 4.78 is 11.2. The molecule has 0 aromatic rings. The number of hydrogen-bond donors (Lipinski definition) is 0. The summed E-state index contributed by atoms with van der Waals surface area (Å²) in [7, 11) is 0. The smallest absolute Gasteiger partial charge is 0.319 e. The Balaban J connectivity index is 3.81. The summed E-state index contributed by atoms with van der Waals surface area (Å²) in [5.41, 5.74) is 0. The lowest BCUT2D eigenvalue weighted by Gasteiger charge is -2.19. The van der Waals surface area contributed by atoms with Gasteiger partial charge in [0.2, 0.25) is 0 Å². The van der Waals surface area contributed by atoms with E-state index in [-0.39, 0.29) is 22.4 Å². The van der Waals surface area contributed by atoms with Crippen molar-refractivity contribution in [1.82, 2.24) is 0 Å². The van der Waals surface area contributed by atoms with Gasteiger partial charge >= 0.3 is 11.9 Å². The molecule has 0 bridgehead atoms. The van der Waals surface area contributed by atoms with Gasteiger partial charge in [0.25, 0.3) is 0 Å². The molecule has 0 aromatic carbocycles. The highest BCUT2D eigenvalue weighted by Crippen LogP contribution is 2.26. The van der Waals surface area contributed by atoms with Crippen LogP contribution in [-0.2, 0) is 19.1 Å². The van der Waals surface area contributed by atoms with Gasteiger partial charge in [0.15, 0.2) is 0 Å². The van der Waals surface area contributed by atoms with E-state index in [4.69, 9.17) is 9.47 Å². The third-order valence-electron chi connectivity index (χ3n) is 8.08. The molecule has 244 valence electrons. The first-order valence-electron chi connectivity index (χ1n) is 18.1. The molecule has 4 nitrogen and oxygen atoms in total. The lowest BCUT2D eigenvalue weighted by Crippen LogP contribution is -2.28. The van der Waals surface area contributed by atoms with Gasteiger partial charge in [-0.1, -0.05) is 169 Å². The van der Waals surface area contributed by atoms with Crippen LogP contribution in [0.1, 0.15) is 195 Å². The first-order chi connectivity index (χ1) is 20.1. The summed E-state index contributed by atoms with van der Waals surface area (Å²) >= 11 is 1.43. The van der Waals surface area contributed by atoms with Crippen molar-refractivity contribution in [2.24, 2.45) is 0 Å². The third-order valence-corrected chi connectivity index (χ3v) is 9.79. The first-order valence-corrected chi connectivity index (χ1v) is 19.0. The molecule has 0 fully saturated rings. The van der Waals surface area contributed by atoms with Gasteiger partial charge in [0.1, 0.15) is 10.5 Å². The molecule has 0 aliphatic heterocycles. The second kappa shape index (κ2) is 32.2. The first kappa shape index (κ1) is 40.3. The van der Waals surface area contributed by atoms with Crippen LogP contribution in [0.5, 0.6) is 0 Å². The van der Waals surface area contributed by atoms with Crippen LogP contribution >= 0.6 is 11.8 Å². The minimum Gasteiger partial charge on any atom is -0.465 e. The highest BCUT2D eigenvalue weighted by atomic mass is 32.2. The van der Waals surface area contributed by atoms with Crippen molar-refractivity contribution in [3.63, 3.8) is 0 Å². The van der Waals surface area contributed by atoms with E-state index in [2.05, 4.69) is 13.8 Å². The number of ether oxygens (including phenoxy) is 2. The maximum absolute atomic E-state index is 12.6. The quantitative estimate of drug-likeness (QED) is 0.0569. The van der Waals surface area contributed by atoms with Crippen molar-refractivity contribution in [1.29, 1.82) is 0 Å². The van der Waals surface area contributed by atoms with Gasteiger partial charge in [-0.25, -0.2) is 0 Å². The molecule has 0 aliphatic rings. The summed E-state index contributed by atoms with van der Waals surface area (Å²) in [6, 6.07) is 0. The zero-order valence-corrected chi connectivity index (χ0v) is 28.8. The van der Waals surface area contributed by atoms with E-state index in [1.165, 1.54) is 140 Å². The maximum atomic E-state index is 12.6. The normalized spacial score (nSPS) is 12.8. The fourth-order valence-corrected chi connectivity index (χ4v) is 6.39. The van der Waals surface area contributed by atoms with Crippen molar-refractivity contribution < 1.29 is 19.1 Å². The highest BCUT2D eigenvalue weighted by molar-refractivity contribution is 8.01. The number of esters is 2. The third kappa shape index (κ3) is 26.6. The number of unbranched alkanes of at least 4 members (excludes halogenated alkanes) is 22. The molecule has 2 atom stereocenters. The average molecular weight is 599 g/mol. The topological polar surface area (TPSA) is 52.6 Å². The summed E-state index contributed by atoms with van der Waals surface area (Å²) in [6.07, 6.45) is 32.4. The average Bonchev–Trinajstić information content (AvgIpc) is 2.98. The van der Waals surface area contributed by atoms with Crippen LogP contribution in [0.2, 0.25) is 0 Å². The van der Waals surface area contributed by atoms with Crippen molar-refractivity contribution in [2.75, 3.05) is 13.2 Å². The van der Waals surface area contributed by atoms with Crippen LogP contribution < -0.4 is 0 Å². The van der Waals surface area contributed by atoms with Crippen LogP contribution in [0.3, 0.4) is 0 Å². The van der Waals surface area contributed by atoms with E-state index in [1.807, 2.05) is 13.8 Å². The minimum absolute atomic E-state index is 0.173. The Kier molecular flexibility index (Phi) is 31.7. The van der Waals surface area contributed by atoms with Crippen LogP contribution in [-0.4, -0.2) is 35.7 Å². The van der Waals surface area contributed by atoms with E-state index < -0.39 is 0 Å². The van der Waals surface area contributed by atoms with E-state index >= 15 is 0 Å². The molecule has 0 amide bonds. The number of carbonyl (C=O) groups excluding carboxylic acids is 2. The van der Waals surface area contributed by atoms with Crippen molar-refractivity contribution >= 4 is 23.7 Å². The fourth-order valence-electron chi connectivity index (χ4n) is 5.25. The van der Waals surface area contributed by atoms with Crippen LogP contribution in [0.4, 0.5) is 0 Å². The van der Waals surface area contributed by atoms with Crippen molar-refractivity contribution in [3.05, 3.63) is 0 Å². The molecular weight excluding hydrogens is 528 g/mol. The second-order valence-corrected chi connectivity index (χ2v) is 13.5. The number of rotatable bonds is 32. The molecule has 0 saturated carbocycles. The molecule has 41 heavy (non-hydrogen) atoms. The van der Waals surface area contributed by atoms with Gasteiger partial charge in [0, 0.05) is 0 Å². The Morgan fingerprint density at radius 3 is 0.902 bits per heavy atom. The lowest BCUT2D eigenvalue weighted by molar-refractivity contribution is -0.143. The van der Waals surface area contributed by atoms with Gasteiger partial charge in [-0.2, -0.15) is 0 Å². The van der Waals surface area contributed by atoms with Gasteiger partial charge < -0.3 is 9.47 Å². The standard InChI is InChI=1S/C36H70O4S/c1-5-9-11-13-15-17-19-21-23-25-27-29-31-39-35(37)33(7-3)41-34(8-4)36(38)40-32-30-28-26-24-22-20-18-16-14-12-10-6-2/h33-34H,5-32H2,1-4H3. The number of thioether (sulfide) groups is 1. The molecule has 0 aliphatic carbocycles. The molecule has 0 aromatic heterocycles. The number of hydrogen-bond acceptors (Lipinski definition) is 5. The molecule has 0 radical (unpaired) electrons. The predicted molar refractivity (Wildman–Crippen MR) is 180 cm³/mol. The van der Waals surface area contributed by atoms with Crippen LogP contribution in [0.25, 0.3) is 0 Å².